The first-order valence-electron chi connectivity index (χ1n) is 5.56. The number of rotatable bonds is 2. The summed E-state index contributed by atoms with van der Waals surface area (Å²) in [6.45, 7) is 1.12. The molecule has 5 nitrogen and oxygen atoms in total. The normalized spacial score (nSPS) is 19.3. The van der Waals surface area contributed by atoms with E-state index in [0.29, 0.717) is 18.9 Å². The molecule has 1 N–H and O–H groups in total. The predicted octanol–water partition coefficient (Wildman–Crippen LogP) is 1.70. The Labute approximate surface area is 108 Å². The minimum absolute atomic E-state index is 0.0826. The molecule has 1 aromatic heterocycles. The summed E-state index contributed by atoms with van der Waals surface area (Å²) in [4.78, 5) is 16.0. The summed E-state index contributed by atoms with van der Waals surface area (Å²) in [5.41, 5.74) is 4.26. The van der Waals surface area contributed by atoms with E-state index in [2.05, 4.69) is 10.3 Å². The number of thiazole rings is 1. The van der Waals surface area contributed by atoms with Crippen molar-refractivity contribution in [2.45, 2.75) is 6.04 Å². The molecular weight excluding hydrogens is 252 g/mol. The Morgan fingerprint density at radius 3 is 3.22 bits per heavy atom. The monoisotopic (exact) mass is 264 g/mol. The van der Waals surface area contributed by atoms with Crippen molar-refractivity contribution in [2.24, 2.45) is 0 Å². The lowest BCUT2D eigenvalue weighted by molar-refractivity contribution is 0.0601. The number of esters is 1. The van der Waals surface area contributed by atoms with Gasteiger partial charge >= 0.3 is 5.97 Å². The van der Waals surface area contributed by atoms with Crippen LogP contribution in [0.15, 0.2) is 17.6 Å². The van der Waals surface area contributed by atoms with E-state index in [0.717, 1.165) is 15.8 Å². The summed E-state index contributed by atoms with van der Waals surface area (Å²) in [7, 11) is 1.38. The molecule has 1 unspecified atom stereocenters. The molecule has 2 heterocycles. The van der Waals surface area contributed by atoms with Crippen LogP contribution >= 0.6 is 11.3 Å². The maximum absolute atomic E-state index is 11.7. The van der Waals surface area contributed by atoms with Gasteiger partial charge in [-0.1, -0.05) is 0 Å². The molecule has 18 heavy (non-hydrogen) atoms. The quantitative estimate of drug-likeness (QED) is 0.837. The molecule has 1 atom stereocenters. The van der Waals surface area contributed by atoms with Gasteiger partial charge in [0.05, 0.1) is 47.8 Å². The van der Waals surface area contributed by atoms with Gasteiger partial charge in [-0.15, -0.1) is 11.3 Å². The number of carbonyl (C=O) groups is 1. The summed E-state index contributed by atoms with van der Waals surface area (Å²) in [5, 5.41) is 3.23. The second-order valence-electron chi connectivity index (χ2n) is 4.03. The Kier molecular flexibility index (Phi) is 2.99. The first-order chi connectivity index (χ1) is 8.79. The van der Waals surface area contributed by atoms with Crippen molar-refractivity contribution in [1.82, 2.24) is 10.3 Å². The fourth-order valence-corrected chi connectivity index (χ4v) is 2.84. The van der Waals surface area contributed by atoms with Crippen LogP contribution in [0, 0.1) is 0 Å². The van der Waals surface area contributed by atoms with Gasteiger partial charge in [-0.2, -0.15) is 0 Å². The van der Waals surface area contributed by atoms with Gasteiger partial charge in [0.15, 0.2) is 0 Å². The van der Waals surface area contributed by atoms with E-state index < -0.39 is 0 Å². The summed E-state index contributed by atoms with van der Waals surface area (Å²) < 4.78 is 11.1. The van der Waals surface area contributed by atoms with Crippen LogP contribution in [-0.4, -0.2) is 31.4 Å². The van der Waals surface area contributed by atoms with Crippen LogP contribution in [0.25, 0.3) is 10.2 Å². The van der Waals surface area contributed by atoms with Crippen LogP contribution in [0.1, 0.15) is 22.0 Å². The number of hydrogen-bond acceptors (Lipinski definition) is 6. The first kappa shape index (κ1) is 11.6. The molecule has 3 rings (SSSR count). The van der Waals surface area contributed by atoms with Gasteiger partial charge in [0.25, 0.3) is 0 Å². The van der Waals surface area contributed by atoms with E-state index in [1.54, 1.807) is 5.51 Å². The molecule has 0 saturated carbocycles. The highest BCUT2D eigenvalue weighted by Crippen LogP contribution is 2.29. The molecular formula is C12H12N2O3S. The Balaban J connectivity index is 2.14. The van der Waals surface area contributed by atoms with Crippen molar-refractivity contribution in [3.05, 3.63) is 28.8 Å². The smallest absolute Gasteiger partial charge is 0.337 e. The van der Waals surface area contributed by atoms with Crippen LogP contribution in [0.3, 0.4) is 0 Å². The van der Waals surface area contributed by atoms with E-state index in [9.17, 15) is 4.79 Å². The van der Waals surface area contributed by atoms with Crippen LogP contribution in [0.4, 0.5) is 0 Å². The van der Waals surface area contributed by atoms with Crippen molar-refractivity contribution in [3.63, 3.8) is 0 Å². The first-order valence-corrected chi connectivity index (χ1v) is 6.44. The summed E-state index contributed by atoms with van der Waals surface area (Å²) >= 11 is 1.51. The minimum atomic E-state index is -0.328. The lowest BCUT2D eigenvalue weighted by atomic mass is 10.0. The molecule has 1 fully saturated rings. The van der Waals surface area contributed by atoms with Gasteiger partial charge in [0.1, 0.15) is 0 Å². The number of hydrogen-bond donors (Lipinski definition) is 1. The number of nitrogens with zero attached hydrogens (tertiary/aromatic N) is 1. The minimum Gasteiger partial charge on any atom is -0.465 e. The number of nitrogens with one attached hydrogen (secondary N) is 1. The van der Waals surface area contributed by atoms with E-state index in [1.807, 2.05) is 12.1 Å². The molecule has 0 spiro atoms. The third kappa shape index (κ3) is 1.88. The van der Waals surface area contributed by atoms with Gasteiger partial charge in [0, 0.05) is 0 Å². The Hall–Kier alpha value is -1.50. The van der Waals surface area contributed by atoms with Crippen LogP contribution in [-0.2, 0) is 9.47 Å². The highest BCUT2D eigenvalue weighted by Gasteiger charge is 2.22. The highest BCUT2D eigenvalue weighted by molar-refractivity contribution is 7.16. The second-order valence-corrected chi connectivity index (χ2v) is 4.91. The molecule has 94 valence electrons. The molecule has 1 aromatic carbocycles. The third-order valence-electron chi connectivity index (χ3n) is 2.98. The fourth-order valence-electron chi connectivity index (χ4n) is 2.09. The zero-order valence-corrected chi connectivity index (χ0v) is 10.6. The van der Waals surface area contributed by atoms with Gasteiger partial charge in [-0.3, -0.25) is 5.32 Å². The summed E-state index contributed by atoms with van der Waals surface area (Å²) in [6, 6.07) is 3.73. The molecule has 0 amide bonds. The largest absolute Gasteiger partial charge is 0.465 e. The Morgan fingerprint density at radius 2 is 2.50 bits per heavy atom. The van der Waals surface area contributed by atoms with Crippen molar-refractivity contribution in [1.29, 1.82) is 0 Å². The Bertz CT molecular complexity index is 590. The van der Waals surface area contributed by atoms with Gasteiger partial charge in [-0.25, -0.2) is 9.78 Å². The van der Waals surface area contributed by atoms with Gasteiger partial charge in [-0.05, 0) is 17.7 Å². The molecule has 0 radical (unpaired) electrons. The van der Waals surface area contributed by atoms with Gasteiger partial charge < -0.3 is 9.47 Å². The topological polar surface area (TPSA) is 60.5 Å². The molecule has 1 aliphatic rings. The molecule has 0 aliphatic carbocycles. The third-order valence-corrected chi connectivity index (χ3v) is 3.75. The number of methoxy groups -OCH3 is 1. The lowest BCUT2D eigenvalue weighted by Gasteiger charge is -2.11. The SMILES string of the molecule is COC(=O)c1cc(C2COCN2)c2ncsc2c1. The van der Waals surface area contributed by atoms with Crippen molar-refractivity contribution in [2.75, 3.05) is 20.4 Å². The standard InChI is InChI=1S/C12H12N2O3S/c1-16-12(15)7-2-8(9-4-17-5-13-9)11-10(3-7)18-6-14-11/h2-3,6,9,13H,4-5H2,1H3. The predicted molar refractivity (Wildman–Crippen MR) is 67.7 cm³/mol. The number of benzene rings is 1. The fraction of sp³-hybridized carbons (Fsp3) is 0.333. The highest BCUT2D eigenvalue weighted by atomic mass is 32.1. The van der Waals surface area contributed by atoms with E-state index in [1.165, 1.54) is 18.4 Å². The van der Waals surface area contributed by atoms with Crippen LogP contribution in [0.2, 0.25) is 0 Å². The van der Waals surface area contributed by atoms with Crippen LogP contribution < -0.4 is 5.32 Å². The molecule has 2 aromatic rings. The lowest BCUT2D eigenvalue weighted by Crippen LogP contribution is -2.16. The zero-order chi connectivity index (χ0) is 12.5. The zero-order valence-electron chi connectivity index (χ0n) is 9.80. The van der Waals surface area contributed by atoms with Crippen molar-refractivity contribution >= 4 is 27.5 Å². The number of fused-ring (bicyclic) bond motifs is 1. The Morgan fingerprint density at radius 1 is 1.61 bits per heavy atom. The summed E-state index contributed by atoms with van der Waals surface area (Å²) in [6.07, 6.45) is 0. The maximum atomic E-state index is 11.7. The number of carbonyl (C=O) groups excluding carboxylic acids is 1. The van der Waals surface area contributed by atoms with E-state index in [-0.39, 0.29) is 12.0 Å². The number of ether oxygens (including phenoxy) is 2. The second kappa shape index (κ2) is 4.64. The van der Waals surface area contributed by atoms with Gasteiger partial charge in [0.2, 0.25) is 0 Å². The molecule has 1 aliphatic heterocycles. The molecule has 0 bridgehead atoms. The molecule has 6 heteroatoms. The summed E-state index contributed by atoms with van der Waals surface area (Å²) in [5.74, 6) is -0.328. The average Bonchev–Trinajstić information content (AvgIpc) is 3.06. The average molecular weight is 264 g/mol. The van der Waals surface area contributed by atoms with E-state index >= 15 is 0 Å². The van der Waals surface area contributed by atoms with Crippen molar-refractivity contribution < 1.29 is 14.3 Å². The van der Waals surface area contributed by atoms with E-state index in [4.69, 9.17) is 9.47 Å². The maximum Gasteiger partial charge on any atom is 0.337 e. The van der Waals surface area contributed by atoms with Crippen LogP contribution in [0.5, 0.6) is 0 Å². The number of aromatic nitrogens is 1. The molecule has 1 saturated heterocycles. The van der Waals surface area contributed by atoms with Crippen molar-refractivity contribution in [3.8, 4) is 0 Å².